The van der Waals surface area contributed by atoms with Gasteiger partial charge in [-0.15, -0.1) is 0 Å². The summed E-state index contributed by atoms with van der Waals surface area (Å²) in [6.07, 6.45) is 8.70. The Hall–Kier alpha value is -1.29. The number of halogens is 1. The molecule has 0 spiro atoms. The Morgan fingerprint density at radius 2 is 2.05 bits per heavy atom. The van der Waals surface area contributed by atoms with Gasteiger partial charge >= 0.3 is 0 Å². The maximum absolute atomic E-state index is 12.8. The van der Waals surface area contributed by atoms with Crippen LogP contribution in [0.25, 0.3) is 0 Å². The Morgan fingerprint density at radius 3 is 2.90 bits per heavy atom. The van der Waals surface area contributed by atoms with Crippen molar-refractivity contribution in [3.05, 3.63) is 23.0 Å². The van der Waals surface area contributed by atoms with Crippen LogP contribution in [-0.4, -0.2) is 28.4 Å². The predicted molar refractivity (Wildman–Crippen MR) is 79.7 cm³/mol. The average molecular weight is 294 g/mol. The molecule has 2 fully saturated rings. The molecule has 1 saturated carbocycles. The van der Waals surface area contributed by atoms with E-state index < -0.39 is 0 Å². The highest BCUT2D eigenvalue weighted by Crippen LogP contribution is 2.36. The van der Waals surface area contributed by atoms with E-state index in [2.05, 4.69) is 4.98 Å². The van der Waals surface area contributed by atoms with Crippen molar-refractivity contribution in [3.8, 4) is 0 Å². The van der Waals surface area contributed by atoms with Crippen molar-refractivity contribution in [2.45, 2.75) is 44.6 Å². The zero-order chi connectivity index (χ0) is 14.1. The number of nitrogen functional groups attached to an aromatic ring is 1. The third-order valence-corrected chi connectivity index (χ3v) is 4.84. The maximum atomic E-state index is 12.8. The molecule has 0 radical (unpaired) electrons. The Balaban J connectivity index is 1.87. The Bertz CT molecular complexity index is 518. The van der Waals surface area contributed by atoms with Gasteiger partial charge in [0.2, 0.25) is 0 Å². The number of rotatable bonds is 1. The van der Waals surface area contributed by atoms with Crippen LogP contribution in [0.2, 0.25) is 5.15 Å². The summed E-state index contributed by atoms with van der Waals surface area (Å²) >= 11 is 5.90. The number of pyridine rings is 1. The van der Waals surface area contributed by atoms with Crippen LogP contribution < -0.4 is 5.73 Å². The molecule has 2 unspecified atom stereocenters. The first-order chi connectivity index (χ1) is 9.66. The number of nitrogens with two attached hydrogens (primary N) is 1. The van der Waals surface area contributed by atoms with Crippen LogP contribution in [0.15, 0.2) is 12.3 Å². The Kier molecular flexibility index (Phi) is 3.83. The van der Waals surface area contributed by atoms with E-state index in [0.29, 0.717) is 28.4 Å². The standard InChI is InChI=1S/C15H20ClN3O/c16-14-8-11(12(17)9-18-14)15(20)19-7-3-5-10-4-1-2-6-13(10)19/h8-10,13H,1-7,17H2. The number of amides is 1. The van der Waals surface area contributed by atoms with Crippen LogP contribution in [0, 0.1) is 5.92 Å². The molecule has 1 aliphatic heterocycles. The molecule has 3 rings (SSSR count). The summed E-state index contributed by atoms with van der Waals surface area (Å²) in [5.74, 6) is 0.684. The van der Waals surface area contributed by atoms with Gasteiger partial charge < -0.3 is 10.6 Å². The maximum Gasteiger partial charge on any atom is 0.256 e. The molecule has 1 saturated heterocycles. The SMILES string of the molecule is Nc1cnc(Cl)cc1C(=O)N1CCCC2CCCCC21. The van der Waals surface area contributed by atoms with Crippen molar-refractivity contribution >= 4 is 23.2 Å². The second-order valence-electron chi connectivity index (χ2n) is 5.85. The van der Waals surface area contributed by atoms with Gasteiger partial charge in [-0.1, -0.05) is 24.4 Å². The fourth-order valence-corrected chi connectivity index (χ4v) is 3.82. The number of anilines is 1. The molecule has 5 heteroatoms. The summed E-state index contributed by atoms with van der Waals surface area (Å²) in [6, 6.07) is 1.97. The van der Waals surface area contributed by atoms with Crippen molar-refractivity contribution in [3.63, 3.8) is 0 Å². The quantitative estimate of drug-likeness (QED) is 0.809. The van der Waals surface area contributed by atoms with E-state index in [1.54, 1.807) is 6.07 Å². The lowest BCUT2D eigenvalue weighted by atomic mass is 9.78. The first-order valence-corrected chi connectivity index (χ1v) is 7.76. The van der Waals surface area contributed by atoms with Crippen LogP contribution in [0.3, 0.4) is 0 Å². The first-order valence-electron chi connectivity index (χ1n) is 7.39. The van der Waals surface area contributed by atoms with E-state index in [9.17, 15) is 4.79 Å². The highest BCUT2D eigenvalue weighted by atomic mass is 35.5. The normalized spacial score (nSPS) is 26.1. The average Bonchev–Trinajstić information content (AvgIpc) is 2.48. The van der Waals surface area contributed by atoms with Gasteiger partial charge in [0.25, 0.3) is 5.91 Å². The van der Waals surface area contributed by atoms with Crippen molar-refractivity contribution in [2.24, 2.45) is 5.92 Å². The number of piperidine rings is 1. The minimum absolute atomic E-state index is 0.0170. The molecule has 1 amide bonds. The summed E-state index contributed by atoms with van der Waals surface area (Å²) in [6.45, 7) is 0.833. The smallest absolute Gasteiger partial charge is 0.256 e. The lowest BCUT2D eigenvalue weighted by Crippen LogP contribution is -2.49. The number of aromatic nitrogens is 1. The second kappa shape index (κ2) is 5.60. The Morgan fingerprint density at radius 1 is 1.30 bits per heavy atom. The molecule has 1 aromatic heterocycles. The number of carbonyl (C=O) groups excluding carboxylic acids is 1. The van der Waals surface area contributed by atoms with Crippen LogP contribution in [0.1, 0.15) is 48.9 Å². The molecule has 20 heavy (non-hydrogen) atoms. The lowest BCUT2D eigenvalue weighted by Gasteiger charge is -2.44. The largest absolute Gasteiger partial charge is 0.397 e. The molecule has 2 atom stereocenters. The zero-order valence-corrected chi connectivity index (χ0v) is 12.3. The summed E-state index contributed by atoms with van der Waals surface area (Å²) < 4.78 is 0. The lowest BCUT2D eigenvalue weighted by molar-refractivity contribution is 0.0391. The molecule has 4 nitrogen and oxygen atoms in total. The fraction of sp³-hybridized carbons (Fsp3) is 0.600. The number of fused-ring (bicyclic) bond motifs is 1. The monoisotopic (exact) mass is 293 g/mol. The van der Waals surface area contributed by atoms with Gasteiger partial charge in [-0.25, -0.2) is 4.98 Å². The van der Waals surface area contributed by atoms with Crippen molar-refractivity contribution in [1.29, 1.82) is 0 Å². The number of hydrogen-bond donors (Lipinski definition) is 1. The predicted octanol–water partition coefficient (Wildman–Crippen LogP) is 3.11. The van der Waals surface area contributed by atoms with Crippen LogP contribution >= 0.6 is 11.6 Å². The molecular weight excluding hydrogens is 274 g/mol. The number of likely N-dealkylation sites (tertiary alicyclic amines) is 1. The van der Waals surface area contributed by atoms with E-state index in [1.807, 2.05) is 4.90 Å². The van der Waals surface area contributed by atoms with E-state index >= 15 is 0 Å². The molecule has 108 valence electrons. The van der Waals surface area contributed by atoms with Gasteiger partial charge in [0.1, 0.15) is 5.15 Å². The summed E-state index contributed by atoms with van der Waals surface area (Å²) in [5.41, 5.74) is 6.81. The molecule has 0 aromatic carbocycles. The van der Waals surface area contributed by atoms with Gasteiger partial charge in [-0.2, -0.15) is 0 Å². The molecule has 1 aromatic rings. The van der Waals surface area contributed by atoms with Crippen LogP contribution in [0.5, 0.6) is 0 Å². The zero-order valence-electron chi connectivity index (χ0n) is 11.5. The van der Waals surface area contributed by atoms with Crippen LogP contribution in [0.4, 0.5) is 5.69 Å². The number of hydrogen-bond acceptors (Lipinski definition) is 3. The van der Waals surface area contributed by atoms with E-state index in [-0.39, 0.29) is 5.91 Å². The Labute approximate surface area is 124 Å². The fourth-order valence-electron chi connectivity index (χ4n) is 3.66. The molecular formula is C15H20ClN3O. The van der Waals surface area contributed by atoms with Crippen molar-refractivity contribution in [1.82, 2.24) is 9.88 Å². The summed E-state index contributed by atoms with van der Waals surface area (Å²) in [5, 5.41) is 0.319. The van der Waals surface area contributed by atoms with Gasteiger partial charge in [0.05, 0.1) is 17.4 Å². The van der Waals surface area contributed by atoms with Gasteiger partial charge in [-0.05, 0) is 37.7 Å². The van der Waals surface area contributed by atoms with Crippen molar-refractivity contribution < 1.29 is 4.79 Å². The molecule has 1 aliphatic carbocycles. The van der Waals surface area contributed by atoms with Gasteiger partial charge in [0, 0.05) is 12.6 Å². The van der Waals surface area contributed by atoms with Crippen LogP contribution in [-0.2, 0) is 0 Å². The van der Waals surface area contributed by atoms with Crippen molar-refractivity contribution in [2.75, 3.05) is 12.3 Å². The topological polar surface area (TPSA) is 59.2 Å². The summed E-state index contributed by atoms with van der Waals surface area (Å²) in [4.78, 5) is 18.7. The number of carbonyl (C=O) groups is 1. The molecule has 2 heterocycles. The van der Waals surface area contributed by atoms with E-state index in [1.165, 1.54) is 31.9 Å². The molecule has 0 bridgehead atoms. The highest BCUT2D eigenvalue weighted by molar-refractivity contribution is 6.29. The molecule has 2 aliphatic rings. The minimum Gasteiger partial charge on any atom is -0.397 e. The molecule has 2 N–H and O–H groups in total. The highest BCUT2D eigenvalue weighted by Gasteiger charge is 2.36. The van der Waals surface area contributed by atoms with E-state index in [4.69, 9.17) is 17.3 Å². The third kappa shape index (κ3) is 2.49. The minimum atomic E-state index is 0.0170. The summed E-state index contributed by atoms with van der Waals surface area (Å²) in [7, 11) is 0. The van der Waals surface area contributed by atoms with Gasteiger partial charge in [-0.3, -0.25) is 4.79 Å². The van der Waals surface area contributed by atoms with E-state index in [0.717, 1.165) is 19.4 Å². The third-order valence-electron chi connectivity index (χ3n) is 4.64. The number of nitrogens with zero attached hydrogens (tertiary/aromatic N) is 2. The van der Waals surface area contributed by atoms with Gasteiger partial charge in [0.15, 0.2) is 0 Å². The first kappa shape index (κ1) is 13.7. The second-order valence-corrected chi connectivity index (χ2v) is 6.23.